The standard InChI is InChI=1S/C18H32OS/c1-2-3-4-5-6-7-8-9-11-16-14-17-12-10-13-18(15-16)20(17)19/h14,17-18H,2-13,15H2,1H3. The Balaban J connectivity index is 1.57. The van der Waals surface area contributed by atoms with Crippen molar-refractivity contribution in [1.29, 1.82) is 0 Å². The first-order chi connectivity index (χ1) is 9.81. The smallest absolute Gasteiger partial charge is 0.0533 e. The maximum Gasteiger partial charge on any atom is 0.0533 e. The number of rotatable bonds is 9. The van der Waals surface area contributed by atoms with E-state index in [1.54, 1.807) is 5.57 Å². The van der Waals surface area contributed by atoms with Crippen molar-refractivity contribution in [3.63, 3.8) is 0 Å². The highest BCUT2D eigenvalue weighted by Crippen LogP contribution is 2.34. The molecular weight excluding hydrogens is 264 g/mol. The zero-order valence-corrected chi connectivity index (χ0v) is 14.1. The van der Waals surface area contributed by atoms with E-state index in [0.29, 0.717) is 10.5 Å². The molecule has 2 bridgehead atoms. The van der Waals surface area contributed by atoms with Gasteiger partial charge in [0.2, 0.25) is 0 Å². The molecule has 0 aromatic rings. The molecule has 20 heavy (non-hydrogen) atoms. The van der Waals surface area contributed by atoms with Gasteiger partial charge in [0.1, 0.15) is 0 Å². The van der Waals surface area contributed by atoms with Gasteiger partial charge < -0.3 is 0 Å². The predicted molar refractivity (Wildman–Crippen MR) is 89.5 cm³/mol. The lowest BCUT2D eigenvalue weighted by molar-refractivity contribution is 0.545. The first kappa shape index (κ1) is 16.3. The van der Waals surface area contributed by atoms with E-state index in [4.69, 9.17) is 0 Å². The van der Waals surface area contributed by atoms with Crippen LogP contribution in [0.1, 0.15) is 90.4 Å². The zero-order valence-electron chi connectivity index (χ0n) is 13.2. The highest BCUT2D eigenvalue weighted by molar-refractivity contribution is 7.86. The van der Waals surface area contributed by atoms with Crippen LogP contribution in [0.3, 0.4) is 0 Å². The normalized spacial score (nSPS) is 29.2. The molecule has 2 aliphatic rings. The lowest BCUT2D eigenvalue weighted by Crippen LogP contribution is -2.33. The summed E-state index contributed by atoms with van der Waals surface area (Å²) in [5.41, 5.74) is 1.63. The van der Waals surface area contributed by atoms with E-state index in [1.165, 1.54) is 77.0 Å². The topological polar surface area (TPSA) is 17.1 Å². The summed E-state index contributed by atoms with van der Waals surface area (Å²) >= 11 is 0. The van der Waals surface area contributed by atoms with E-state index in [0.717, 1.165) is 6.42 Å². The quantitative estimate of drug-likeness (QED) is 0.404. The average molecular weight is 297 g/mol. The van der Waals surface area contributed by atoms with Gasteiger partial charge in [0, 0.05) is 16.0 Å². The van der Waals surface area contributed by atoms with Gasteiger partial charge in [0.05, 0.1) is 5.25 Å². The number of fused-ring (bicyclic) bond motifs is 2. The Morgan fingerprint density at radius 2 is 1.75 bits per heavy atom. The molecular formula is C18H32OS. The molecule has 0 radical (unpaired) electrons. The van der Waals surface area contributed by atoms with Crippen molar-refractivity contribution in [2.75, 3.05) is 0 Å². The minimum atomic E-state index is -0.547. The first-order valence-electron chi connectivity index (χ1n) is 8.90. The summed E-state index contributed by atoms with van der Waals surface area (Å²) in [7, 11) is -0.547. The fraction of sp³-hybridized carbons (Fsp3) is 0.889. The third kappa shape index (κ3) is 5.02. The van der Waals surface area contributed by atoms with E-state index in [-0.39, 0.29) is 0 Å². The third-order valence-electron chi connectivity index (χ3n) is 4.90. The summed E-state index contributed by atoms with van der Waals surface area (Å²) in [6, 6.07) is 0. The van der Waals surface area contributed by atoms with E-state index >= 15 is 0 Å². The second-order valence-corrected chi connectivity index (χ2v) is 8.60. The molecule has 3 atom stereocenters. The van der Waals surface area contributed by atoms with E-state index in [1.807, 2.05) is 0 Å². The average Bonchev–Trinajstić information content (AvgIpc) is 2.42. The molecule has 0 spiro atoms. The van der Waals surface area contributed by atoms with Gasteiger partial charge in [-0.15, -0.1) is 0 Å². The molecule has 2 heterocycles. The van der Waals surface area contributed by atoms with E-state index < -0.39 is 10.8 Å². The van der Waals surface area contributed by atoms with Gasteiger partial charge in [-0.2, -0.15) is 0 Å². The summed E-state index contributed by atoms with van der Waals surface area (Å²) in [4.78, 5) is 0. The van der Waals surface area contributed by atoms with E-state index in [2.05, 4.69) is 13.0 Å². The van der Waals surface area contributed by atoms with Crippen LogP contribution in [-0.4, -0.2) is 14.7 Å². The maximum absolute atomic E-state index is 12.1. The second kappa shape index (κ2) is 9.02. The summed E-state index contributed by atoms with van der Waals surface area (Å²) in [5.74, 6) is 0. The zero-order chi connectivity index (χ0) is 14.2. The monoisotopic (exact) mass is 296 g/mol. The van der Waals surface area contributed by atoms with Crippen molar-refractivity contribution < 1.29 is 4.21 Å². The van der Waals surface area contributed by atoms with Gasteiger partial charge in [0.25, 0.3) is 0 Å². The van der Waals surface area contributed by atoms with Crippen LogP contribution in [0.4, 0.5) is 0 Å². The summed E-state index contributed by atoms with van der Waals surface area (Å²) in [6.07, 6.45) is 19.7. The molecule has 3 unspecified atom stereocenters. The van der Waals surface area contributed by atoms with E-state index in [9.17, 15) is 4.21 Å². The number of hydrogen-bond donors (Lipinski definition) is 0. The van der Waals surface area contributed by atoms with Crippen LogP contribution in [0, 0.1) is 0 Å². The first-order valence-corrected chi connectivity index (χ1v) is 10.2. The lowest BCUT2D eigenvalue weighted by Gasteiger charge is -2.32. The molecule has 2 rings (SSSR count). The van der Waals surface area contributed by atoms with Crippen molar-refractivity contribution in [2.24, 2.45) is 0 Å². The highest BCUT2D eigenvalue weighted by Gasteiger charge is 2.32. The number of hydrogen-bond acceptors (Lipinski definition) is 1. The summed E-state index contributed by atoms with van der Waals surface area (Å²) in [5, 5.41) is 0.911. The lowest BCUT2D eigenvalue weighted by atomic mass is 9.94. The van der Waals surface area contributed by atoms with Crippen LogP contribution in [0.5, 0.6) is 0 Å². The van der Waals surface area contributed by atoms with Gasteiger partial charge in [-0.3, -0.25) is 4.21 Å². The fourth-order valence-electron chi connectivity index (χ4n) is 3.66. The van der Waals surface area contributed by atoms with Crippen LogP contribution < -0.4 is 0 Å². The van der Waals surface area contributed by atoms with Crippen LogP contribution in [0.2, 0.25) is 0 Å². The van der Waals surface area contributed by atoms with Gasteiger partial charge in [-0.25, -0.2) is 0 Å². The summed E-state index contributed by atoms with van der Waals surface area (Å²) < 4.78 is 12.1. The molecule has 2 heteroatoms. The molecule has 0 N–H and O–H groups in total. The second-order valence-electron chi connectivity index (χ2n) is 6.67. The number of unbranched alkanes of at least 4 members (excludes halogenated alkanes) is 7. The largest absolute Gasteiger partial charge is 0.259 e. The van der Waals surface area contributed by atoms with Crippen LogP contribution in [-0.2, 0) is 10.8 Å². The van der Waals surface area contributed by atoms with Crippen LogP contribution in [0.15, 0.2) is 11.6 Å². The number of allylic oxidation sites excluding steroid dienone is 1. The van der Waals surface area contributed by atoms with Crippen molar-refractivity contribution >= 4 is 10.8 Å². The van der Waals surface area contributed by atoms with Crippen LogP contribution in [0.25, 0.3) is 0 Å². The Bertz CT molecular complexity index is 334. The van der Waals surface area contributed by atoms with Crippen molar-refractivity contribution in [3.8, 4) is 0 Å². The molecule has 0 aromatic carbocycles. The van der Waals surface area contributed by atoms with Gasteiger partial charge in [0.15, 0.2) is 0 Å². The Kier molecular flexibility index (Phi) is 7.33. The van der Waals surface area contributed by atoms with Gasteiger partial charge in [-0.1, -0.05) is 69.9 Å². The molecule has 0 saturated carbocycles. The molecule has 1 nitrogen and oxygen atoms in total. The Hall–Kier alpha value is -0.110. The Labute approximate surface area is 128 Å². The Morgan fingerprint density at radius 1 is 1.05 bits per heavy atom. The van der Waals surface area contributed by atoms with Crippen molar-refractivity contribution in [3.05, 3.63) is 11.6 Å². The molecule has 2 aliphatic heterocycles. The highest BCUT2D eigenvalue weighted by atomic mass is 32.2. The molecule has 1 saturated heterocycles. The fourth-order valence-corrected chi connectivity index (χ4v) is 5.65. The minimum Gasteiger partial charge on any atom is -0.259 e. The Morgan fingerprint density at radius 3 is 2.45 bits per heavy atom. The third-order valence-corrected chi connectivity index (χ3v) is 6.93. The predicted octanol–water partition coefficient (Wildman–Crippen LogP) is 5.52. The molecule has 116 valence electrons. The van der Waals surface area contributed by atoms with Crippen molar-refractivity contribution in [2.45, 2.75) is 101 Å². The maximum atomic E-state index is 12.1. The van der Waals surface area contributed by atoms with Crippen LogP contribution >= 0.6 is 0 Å². The summed E-state index contributed by atoms with van der Waals surface area (Å²) in [6.45, 7) is 2.28. The van der Waals surface area contributed by atoms with Gasteiger partial charge >= 0.3 is 0 Å². The molecule has 1 fully saturated rings. The molecule has 0 aliphatic carbocycles. The van der Waals surface area contributed by atoms with Crippen molar-refractivity contribution in [1.82, 2.24) is 0 Å². The minimum absolute atomic E-state index is 0.409. The van der Waals surface area contributed by atoms with Gasteiger partial charge in [-0.05, 0) is 32.1 Å². The molecule has 0 aromatic heterocycles. The molecule has 0 amide bonds. The SMILES string of the molecule is CCCCCCCCCCC1=CC2CCCC(C1)S2=O.